The summed E-state index contributed by atoms with van der Waals surface area (Å²) >= 11 is 0. The summed E-state index contributed by atoms with van der Waals surface area (Å²) in [6.07, 6.45) is 3.87. The van der Waals surface area contributed by atoms with Gasteiger partial charge in [-0.2, -0.15) is 0 Å². The molecule has 0 aliphatic carbocycles. The third-order valence-electron chi connectivity index (χ3n) is 4.28. The first-order valence-corrected chi connectivity index (χ1v) is 9.88. The summed E-state index contributed by atoms with van der Waals surface area (Å²) in [4.78, 5) is 0. The Balaban J connectivity index is 1.81. The first-order valence-electron chi connectivity index (χ1n) is 8.27. The lowest BCUT2D eigenvalue weighted by molar-refractivity contribution is 0.125. The van der Waals surface area contributed by atoms with Crippen LogP contribution < -0.4 is 5.32 Å². The van der Waals surface area contributed by atoms with Crippen molar-refractivity contribution >= 4 is 10.0 Å². The minimum absolute atomic E-state index is 0.0885. The molecular formula is C15H30N2O3S. The Labute approximate surface area is 129 Å². The number of rotatable bonds is 7. The zero-order valence-electron chi connectivity index (χ0n) is 13.4. The number of nitrogens with zero attached hydrogens (tertiary/aromatic N) is 1. The highest BCUT2D eigenvalue weighted by Crippen LogP contribution is 2.22. The fraction of sp³-hybridized carbons (Fsp3) is 1.00. The van der Waals surface area contributed by atoms with Crippen LogP contribution in [0, 0.1) is 11.8 Å². The predicted octanol–water partition coefficient (Wildman–Crippen LogP) is 1.45. The summed E-state index contributed by atoms with van der Waals surface area (Å²) in [6, 6.07) is 0. The van der Waals surface area contributed by atoms with Crippen molar-refractivity contribution in [3.63, 3.8) is 0 Å². The SMILES string of the molecule is CC(C)CNCC1CCCN(S(=O)(=O)CC2CCCO2)C1. The minimum Gasteiger partial charge on any atom is -0.377 e. The van der Waals surface area contributed by atoms with Gasteiger partial charge in [-0.05, 0) is 50.6 Å². The third kappa shape index (κ3) is 5.51. The highest BCUT2D eigenvalue weighted by atomic mass is 32.2. The van der Waals surface area contributed by atoms with E-state index in [1.54, 1.807) is 4.31 Å². The molecule has 0 aromatic carbocycles. The van der Waals surface area contributed by atoms with Crippen molar-refractivity contribution in [3.05, 3.63) is 0 Å². The third-order valence-corrected chi connectivity index (χ3v) is 6.19. The minimum atomic E-state index is -3.16. The lowest BCUT2D eigenvalue weighted by atomic mass is 9.99. The van der Waals surface area contributed by atoms with Crippen LogP contribution >= 0.6 is 0 Å². The van der Waals surface area contributed by atoms with Crippen molar-refractivity contribution in [2.75, 3.05) is 38.5 Å². The van der Waals surface area contributed by atoms with Crippen molar-refractivity contribution < 1.29 is 13.2 Å². The Morgan fingerprint density at radius 2 is 2.10 bits per heavy atom. The molecule has 2 aliphatic heterocycles. The van der Waals surface area contributed by atoms with Gasteiger partial charge in [-0.25, -0.2) is 12.7 Å². The number of hydrogen-bond donors (Lipinski definition) is 1. The van der Waals surface area contributed by atoms with E-state index in [4.69, 9.17) is 4.74 Å². The molecule has 21 heavy (non-hydrogen) atoms. The van der Waals surface area contributed by atoms with Crippen molar-refractivity contribution in [3.8, 4) is 0 Å². The molecule has 2 atom stereocenters. The van der Waals surface area contributed by atoms with Gasteiger partial charge in [0, 0.05) is 19.7 Å². The Morgan fingerprint density at radius 3 is 2.76 bits per heavy atom. The maximum atomic E-state index is 12.5. The van der Waals surface area contributed by atoms with E-state index in [2.05, 4.69) is 19.2 Å². The van der Waals surface area contributed by atoms with Crippen LogP contribution in [0.3, 0.4) is 0 Å². The molecular weight excluding hydrogens is 288 g/mol. The maximum absolute atomic E-state index is 12.5. The van der Waals surface area contributed by atoms with E-state index in [0.717, 1.165) is 38.8 Å². The standard InChI is InChI=1S/C15H30N2O3S/c1-13(2)9-16-10-14-5-3-7-17(11-14)21(18,19)12-15-6-4-8-20-15/h13-16H,3-12H2,1-2H3. The molecule has 2 fully saturated rings. The molecule has 2 rings (SSSR count). The van der Waals surface area contributed by atoms with Crippen molar-refractivity contribution in [1.82, 2.24) is 9.62 Å². The highest BCUT2D eigenvalue weighted by Gasteiger charge is 2.32. The lowest BCUT2D eigenvalue weighted by Gasteiger charge is -2.32. The van der Waals surface area contributed by atoms with Crippen LogP contribution in [0.25, 0.3) is 0 Å². The van der Waals surface area contributed by atoms with Gasteiger partial charge in [0.2, 0.25) is 10.0 Å². The highest BCUT2D eigenvalue weighted by molar-refractivity contribution is 7.89. The average Bonchev–Trinajstić information content (AvgIpc) is 2.91. The molecule has 2 saturated heterocycles. The molecule has 0 bridgehead atoms. The molecule has 124 valence electrons. The van der Waals surface area contributed by atoms with E-state index < -0.39 is 10.0 Å². The van der Waals surface area contributed by atoms with Crippen LogP contribution in [0.15, 0.2) is 0 Å². The molecule has 0 aromatic rings. The van der Waals surface area contributed by atoms with Gasteiger partial charge in [-0.1, -0.05) is 13.8 Å². The zero-order chi connectivity index (χ0) is 15.3. The smallest absolute Gasteiger partial charge is 0.216 e. The molecule has 0 amide bonds. The first kappa shape index (κ1) is 17.2. The Hall–Kier alpha value is -0.170. The van der Waals surface area contributed by atoms with Crippen LogP contribution in [-0.4, -0.2) is 57.4 Å². The summed E-state index contributed by atoms with van der Waals surface area (Å²) in [5, 5.41) is 3.45. The van der Waals surface area contributed by atoms with Crippen LogP contribution in [0.1, 0.15) is 39.5 Å². The number of ether oxygens (including phenoxy) is 1. The second-order valence-electron chi connectivity index (χ2n) is 6.83. The predicted molar refractivity (Wildman–Crippen MR) is 84.8 cm³/mol. The number of hydrogen-bond acceptors (Lipinski definition) is 4. The zero-order valence-corrected chi connectivity index (χ0v) is 14.2. The number of piperidine rings is 1. The molecule has 0 saturated carbocycles. The molecule has 0 radical (unpaired) electrons. The molecule has 6 heteroatoms. The van der Waals surface area contributed by atoms with Crippen LogP contribution in [0.5, 0.6) is 0 Å². The van der Waals surface area contributed by atoms with Gasteiger partial charge in [0.05, 0.1) is 11.9 Å². The Morgan fingerprint density at radius 1 is 1.29 bits per heavy atom. The molecule has 5 nitrogen and oxygen atoms in total. The van der Waals surface area contributed by atoms with E-state index in [1.807, 2.05) is 0 Å². The fourth-order valence-electron chi connectivity index (χ4n) is 3.14. The van der Waals surface area contributed by atoms with E-state index >= 15 is 0 Å². The number of sulfonamides is 1. The van der Waals surface area contributed by atoms with E-state index in [-0.39, 0.29) is 11.9 Å². The van der Waals surface area contributed by atoms with E-state index in [1.165, 1.54) is 0 Å². The van der Waals surface area contributed by atoms with Gasteiger partial charge < -0.3 is 10.1 Å². The normalized spacial score (nSPS) is 28.3. The maximum Gasteiger partial charge on any atom is 0.216 e. The van der Waals surface area contributed by atoms with Gasteiger partial charge in [-0.15, -0.1) is 0 Å². The molecule has 0 spiro atoms. The van der Waals surface area contributed by atoms with Gasteiger partial charge in [0.1, 0.15) is 0 Å². The van der Waals surface area contributed by atoms with E-state index in [9.17, 15) is 8.42 Å². The van der Waals surface area contributed by atoms with E-state index in [0.29, 0.717) is 31.5 Å². The van der Waals surface area contributed by atoms with Gasteiger partial charge in [0.15, 0.2) is 0 Å². The van der Waals surface area contributed by atoms with Crippen LogP contribution in [-0.2, 0) is 14.8 Å². The summed E-state index contributed by atoms with van der Waals surface area (Å²) in [6.45, 7) is 8.35. The molecule has 0 aromatic heterocycles. The second-order valence-corrected chi connectivity index (χ2v) is 8.85. The molecule has 2 heterocycles. The second kappa shape index (κ2) is 7.90. The van der Waals surface area contributed by atoms with Crippen molar-refractivity contribution in [1.29, 1.82) is 0 Å². The van der Waals surface area contributed by atoms with Crippen molar-refractivity contribution in [2.24, 2.45) is 11.8 Å². The summed E-state index contributed by atoms with van der Waals surface area (Å²) < 4.78 is 32.2. The molecule has 1 N–H and O–H groups in total. The summed E-state index contributed by atoms with van der Waals surface area (Å²) in [5.41, 5.74) is 0. The lowest BCUT2D eigenvalue weighted by Crippen LogP contribution is -2.45. The molecule has 2 unspecified atom stereocenters. The van der Waals surface area contributed by atoms with Crippen molar-refractivity contribution in [2.45, 2.75) is 45.6 Å². The van der Waals surface area contributed by atoms with Gasteiger partial charge in [0.25, 0.3) is 0 Å². The largest absolute Gasteiger partial charge is 0.377 e. The summed E-state index contributed by atoms with van der Waals surface area (Å²) in [5.74, 6) is 1.24. The summed E-state index contributed by atoms with van der Waals surface area (Å²) in [7, 11) is -3.16. The topological polar surface area (TPSA) is 58.6 Å². The Kier molecular flexibility index (Phi) is 6.47. The average molecular weight is 318 g/mol. The molecule has 2 aliphatic rings. The van der Waals surface area contributed by atoms with Gasteiger partial charge >= 0.3 is 0 Å². The fourth-order valence-corrected chi connectivity index (χ4v) is 4.93. The van der Waals surface area contributed by atoms with Gasteiger partial charge in [-0.3, -0.25) is 0 Å². The van der Waals surface area contributed by atoms with Crippen LogP contribution in [0.4, 0.5) is 0 Å². The number of nitrogens with one attached hydrogen (secondary N) is 1. The monoisotopic (exact) mass is 318 g/mol. The quantitative estimate of drug-likeness (QED) is 0.772. The Bertz CT molecular complexity index is 405. The van der Waals surface area contributed by atoms with Crippen LogP contribution in [0.2, 0.25) is 0 Å². The first-order chi connectivity index (χ1) is 9.97.